The molecule has 1 aromatic heterocycles. The van der Waals surface area contributed by atoms with E-state index in [1.54, 1.807) is 11.3 Å². The number of aliphatic hydroxyl groups excluding tert-OH is 1. The summed E-state index contributed by atoms with van der Waals surface area (Å²) in [6, 6.07) is 2.03. The first-order valence-corrected chi connectivity index (χ1v) is 6.04. The number of thiophene rings is 1. The molecule has 0 saturated carbocycles. The van der Waals surface area contributed by atoms with Crippen LogP contribution in [0.3, 0.4) is 0 Å². The van der Waals surface area contributed by atoms with E-state index >= 15 is 0 Å². The zero-order chi connectivity index (χ0) is 10.1. The third-order valence-electron chi connectivity index (χ3n) is 2.57. The highest BCUT2D eigenvalue weighted by Gasteiger charge is 2.19. The fourth-order valence-electron chi connectivity index (χ4n) is 1.96. The summed E-state index contributed by atoms with van der Waals surface area (Å²) < 4.78 is 0.831. The quantitative estimate of drug-likeness (QED) is 0.779. The Bertz CT molecular complexity index is 356. The van der Waals surface area contributed by atoms with E-state index in [-0.39, 0.29) is 6.10 Å². The normalized spacial score (nSPS) is 27.5. The maximum atomic E-state index is 9.62. The Morgan fingerprint density at radius 1 is 1.57 bits per heavy atom. The molecule has 0 radical (unpaired) electrons. The Morgan fingerprint density at radius 2 is 2.36 bits per heavy atom. The number of hydrogen-bond acceptors (Lipinski definition) is 2. The van der Waals surface area contributed by atoms with Crippen LogP contribution in [0.15, 0.2) is 17.5 Å². The van der Waals surface area contributed by atoms with Crippen LogP contribution in [0.1, 0.15) is 25.3 Å². The van der Waals surface area contributed by atoms with Gasteiger partial charge in [0.25, 0.3) is 0 Å². The molecule has 0 fully saturated rings. The Hall–Kier alpha value is -0.310. The summed E-state index contributed by atoms with van der Waals surface area (Å²) in [6.45, 7) is 2.16. The standard InChI is InChI=1S/C11H13ClOS/c1-7-4-8(6-9(13)5-7)10-2-3-14-11(10)12/h2-3,6-7,9,13H,4-5H2,1H3. The van der Waals surface area contributed by atoms with E-state index in [0.29, 0.717) is 5.92 Å². The minimum absolute atomic E-state index is 0.301. The molecular weight excluding hydrogens is 216 g/mol. The van der Waals surface area contributed by atoms with Crippen molar-refractivity contribution in [1.29, 1.82) is 0 Å². The highest BCUT2D eigenvalue weighted by Crippen LogP contribution is 2.36. The van der Waals surface area contributed by atoms with Crippen molar-refractivity contribution in [2.45, 2.75) is 25.9 Å². The predicted molar refractivity (Wildman–Crippen MR) is 61.7 cm³/mol. The third-order valence-corrected chi connectivity index (χ3v) is 3.74. The summed E-state index contributed by atoms with van der Waals surface area (Å²) in [7, 11) is 0. The Balaban J connectivity index is 2.30. The van der Waals surface area contributed by atoms with Gasteiger partial charge in [0.15, 0.2) is 0 Å². The van der Waals surface area contributed by atoms with Gasteiger partial charge in [0.05, 0.1) is 6.10 Å². The lowest BCUT2D eigenvalue weighted by Gasteiger charge is -2.22. The van der Waals surface area contributed by atoms with E-state index < -0.39 is 0 Å². The molecule has 1 aromatic rings. The summed E-state index contributed by atoms with van der Waals surface area (Å²) >= 11 is 7.61. The Kier molecular flexibility index (Phi) is 2.96. The summed E-state index contributed by atoms with van der Waals surface area (Å²) in [5.41, 5.74) is 2.30. The smallest absolute Gasteiger partial charge is 0.100 e. The fourth-order valence-corrected chi connectivity index (χ4v) is 2.95. The van der Waals surface area contributed by atoms with Crippen molar-refractivity contribution in [3.63, 3.8) is 0 Å². The first-order chi connectivity index (χ1) is 6.66. The maximum Gasteiger partial charge on any atom is 0.100 e. The van der Waals surface area contributed by atoms with Crippen LogP contribution in [0.5, 0.6) is 0 Å². The van der Waals surface area contributed by atoms with Gasteiger partial charge < -0.3 is 5.11 Å². The molecule has 0 aromatic carbocycles. The van der Waals surface area contributed by atoms with Gasteiger partial charge in [-0.25, -0.2) is 0 Å². The predicted octanol–water partition coefficient (Wildman–Crippen LogP) is 3.58. The topological polar surface area (TPSA) is 20.2 Å². The minimum Gasteiger partial charge on any atom is -0.389 e. The van der Waals surface area contributed by atoms with Crippen molar-refractivity contribution in [3.05, 3.63) is 27.4 Å². The molecule has 2 unspecified atom stereocenters. The van der Waals surface area contributed by atoms with Gasteiger partial charge in [0, 0.05) is 5.56 Å². The number of allylic oxidation sites excluding steroid dienone is 1. The van der Waals surface area contributed by atoms with Crippen LogP contribution < -0.4 is 0 Å². The maximum absolute atomic E-state index is 9.62. The molecule has 0 bridgehead atoms. The van der Waals surface area contributed by atoms with Gasteiger partial charge in [-0.2, -0.15) is 0 Å². The zero-order valence-corrected chi connectivity index (χ0v) is 9.61. The van der Waals surface area contributed by atoms with Crippen molar-refractivity contribution in [2.24, 2.45) is 5.92 Å². The van der Waals surface area contributed by atoms with Crippen LogP contribution in [0.25, 0.3) is 5.57 Å². The minimum atomic E-state index is -0.301. The average Bonchev–Trinajstić information content (AvgIpc) is 2.49. The Labute approximate surface area is 93.0 Å². The highest BCUT2D eigenvalue weighted by atomic mass is 35.5. The SMILES string of the molecule is CC1CC(c2ccsc2Cl)=CC(O)C1. The number of rotatable bonds is 1. The number of aliphatic hydroxyl groups is 1. The summed E-state index contributed by atoms with van der Waals surface area (Å²) in [5.74, 6) is 0.543. The lowest BCUT2D eigenvalue weighted by molar-refractivity contribution is 0.186. The van der Waals surface area contributed by atoms with E-state index in [9.17, 15) is 5.11 Å². The number of hydrogen-bond donors (Lipinski definition) is 1. The Morgan fingerprint density at radius 3 is 2.93 bits per heavy atom. The molecule has 3 heteroatoms. The first kappa shape index (κ1) is 10.2. The molecule has 1 aliphatic rings. The van der Waals surface area contributed by atoms with Crippen LogP contribution in [0.2, 0.25) is 4.34 Å². The fraction of sp³-hybridized carbons (Fsp3) is 0.455. The van der Waals surface area contributed by atoms with Crippen molar-refractivity contribution in [2.75, 3.05) is 0 Å². The summed E-state index contributed by atoms with van der Waals surface area (Å²) in [5, 5.41) is 11.6. The van der Waals surface area contributed by atoms with Gasteiger partial charge in [-0.3, -0.25) is 0 Å². The zero-order valence-electron chi connectivity index (χ0n) is 8.03. The first-order valence-electron chi connectivity index (χ1n) is 4.79. The third kappa shape index (κ3) is 2.02. The molecule has 0 aliphatic heterocycles. The van der Waals surface area contributed by atoms with Crippen LogP contribution >= 0.6 is 22.9 Å². The van der Waals surface area contributed by atoms with Crippen LogP contribution in [-0.2, 0) is 0 Å². The van der Waals surface area contributed by atoms with E-state index in [0.717, 1.165) is 22.7 Å². The lowest BCUT2D eigenvalue weighted by atomic mass is 9.86. The molecule has 76 valence electrons. The van der Waals surface area contributed by atoms with Crippen LogP contribution in [0, 0.1) is 5.92 Å². The number of halogens is 1. The molecule has 1 nitrogen and oxygen atoms in total. The van der Waals surface area contributed by atoms with Gasteiger partial charge in [-0.1, -0.05) is 24.6 Å². The van der Waals surface area contributed by atoms with Crippen molar-refractivity contribution >= 4 is 28.5 Å². The van der Waals surface area contributed by atoms with Crippen molar-refractivity contribution in [3.8, 4) is 0 Å². The molecule has 1 aliphatic carbocycles. The molecule has 2 rings (SSSR count). The largest absolute Gasteiger partial charge is 0.389 e. The van der Waals surface area contributed by atoms with E-state index in [4.69, 9.17) is 11.6 Å². The van der Waals surface area contributed by atoms with Gasteiger partial charge in [-0.15, -0.1) is 11.3 Å². The summed E-state index contributed by atoms with van der Waals surface area (Å²) in [4.78, 5) is 0. The second-order valence-electron chi connectivity index (χ2n) is 3.91. The van der Waals surface area contributed by atoms with E-state index in [2.05, 4.69) is 6.92 Å². The van der Waals surface area contributed by atoms with Crippen LogP contribution in [-0.4, -0.2) is 11.2 Å². The van der Waals surface area contributed by atoms with Crippen molar-refractivity contribution < 1.29 is 5.11 Å². The van der Waals surface area contributed by atoms with Gasteiger partial charge in [0.1, 0.15) is 4.34 Å². The lowest BCUT2D eigenvalue weighted by Crippen LogP contribution is -2.15. The molecule has 0 amide bonds. The average molecular weight is 229 g/mol. The molecule has 0 spiro atoms. The second kappa shape index (κ2) is 4.05. The molecule has 1 heterocycles. The van der Waals surface area contributed by atoms with Gasteiger partial charge >= 0.3 is 0 Å². The molecule has 14 heavy (non-hydrogen) atoms. The summed E-state index contributed by atoms with van der Waals surface area (Å²) in [6.07, 6.45) is 3.52. The highest BCUT2D eigenvalue weighted by molar-refractivity contribution is 7.14. The van der Waals surface area contributed by atoms with Gasteiger partial charge in [-0.05, 0) is 35.8 Å². The molecule has 2 atom stereocenters. The molecular formula is C11H13ClOS. The molecule has 1 N–H and O–H groups in total. The monoisotopic (exact) mass is 228 g/mol. The molecule has 0 saturated heterocycles. The van der Waals surface area contributed by atoms with E-state index in [1.807, 2.05) is 17.5 Å². The second-order valence-corrected chi connectivity index (χ2v) is 5.43. The van der Waals surface area contributed by atoms with Crippen LogP contribution in [0.4, 0.5) is 0 Å². The van der Waals surface area contributed by atoms with E-state index in [1.165, 1.54) is 5.57 Å². The van der Waals surface area contributed by atoms with Crippen molar-refractivity contribution in [1.82, 2.24) is 0 Å². The van der Waals surface area contributed by atoms with Gasteiger partial charge in [0.2, 0.25) is 0 Å².